The summed E-state index contributed by atoms with van der Waals surface area (Å²) in [4.78, 5) is 6.92. The standard InChI is InChI=1S/C21H22FN5/c1-14(16-8-6-15(12-23)7-9-16)27-20-5-3-2-4-19(20)25-21(27)26-11-10-17(22)18(24)13-26/h2-9,14,17-18H,10-11,13,24H2,1H3/t14-,17-,18-/m1/s1. The lowest BCUT2D eigenvalue weighted by molar-refractivity contribution is 0.243. The summed E-state index contributed by atoms with van der Waals surface area (Å²) in [6, 6.07) is 17.3. The third kappa shape index (κ3) is 3.15. The highest BCUT2D eigenvalue weighted by Gasteiger charge is 2.30. The molecule has 0 bridgehead atoms. The average Bonchev–Trinajstić information content (AvgIpc) is 3.09. The molecule has 3 atom stereocenters. The lowest BCUT2D eigenvalue weighted by Crippen LogP contribution is -2.50. The third-order valence-corrected chi connectivity index (χ3v) is 5.34. The molecule has 2 N–H and O–H groups in total. The number of nitrogens with two attached hydrogens (primary N) is 1. The first-order chi connectivity index (χ1) is 13.1. The van der Waals surface area contributed by atoms with Gasteiger partial charge in [-0.25, -0.2) is 9.37 Å². The van der Waals surface area contributed by atoms with Crippen LogP contribution >= 0.6 is 0 Å². The van der Waals surface area contributed by atoms with Crippen LogP contribution in [-0.2, 0) is 0 Å². The van der Waals surface area contributed by atoms with Crippen molar-refractivity contribution in [3.05, 3.63) is 59.7 Å². The van der Waals surface area contributed by atoms with Gasteiger partial charge in [-0.15, -0.1) is 0 Å². The third-order valence-electron chi connectivity index (χ3n) is 5.34. The fraction of sp³-hybridized carbons (Fsp3) is 0.333. The van der Waals surface area contributed by atoms with E-state index in [-0.39, 0.29) is 6.04 Å². The molecular weight excluding hydrogens is 341 g/mol. The molecule has 3 aromatic rings. The minimum Gasteiger partial charge on any atom is -0.340 e. The molecule has 27 heavy (non-hydrogen) atoms. The molecule has 4 rings (SSSR count). The summed E-state index contributed by atoms with van der Waals surface area (Å²) >= 11 is 0. The van der Waals surface area contributed by atoms with E-state index < -0.39 is 12.2 Å². The molecule has 0 saturated carbocycles. The molecule has 0 amide bonds. The number of fused-ring (bicyclic) bond motifs is 1. The predicted molar refractivity (Wildman–Crippen MR) is 104 cm³/mol. The van der Waals surface area contributed by atoms with E-state index in [4.69, 9.17) is 16.0 Å². The summed E-state index contributed by atoms with van der Waals surface area (Å²) in [5.41, 5.74) is 9.64. The van der Waals surface area contributed by atoms with Crippen LogP contribution in [0, 0.1) is 11.3 Å². The lowest BCUT2D eigenvalue weighted by Gasteiger charge is -2.35. The molecule has 0 spiro atoms. The summed E-state index contributed by atoms with van der Waals surface area (Å²) in [6.45, 7) is 3.16. The average molecular weight is 363 g/mol. The van der Waals surface area contributed by atoms with E-state index in [1.165, 1.54) is 0 Å². The van der Waals surface area contributed by atoms with Gasteiger partial charge in [-0.05, 0) is 43.2 Å². The molecule has 1 aliphatic heterocycles. The number of nitrogens with zero attached hydrogens (tertiary/aromatic N) is 4. The van der Waals surface area contributed by atoms with Crippen molar-refractivity contribution in [3.63, 3.8) is 0 Å². The van der Waals surface area contributed by atoms with Crippen molar-refractivity contribution in [2.45, 2.75) is 31.6 Å². The molecule has 0 radical (unpaired) electrons. The first kappa shape index (κ1) is 17.5. The van der Waals surface area contributed by atoms with Crippen LogP contribution in [0.1, 0.15) is 30.5 Å². The zero-order valence-electron chi connectivity index (χ0n) is 15.2. The lowest BCUT2D eigenvalue weighted by atomic mass is 10.0. The normalized spacial score (nSPS) is 21.2. The number of hydrogen-bond acceptors (Lipinski definition) is 4. The van der Waals surface area contributed by atoms with Gasteiger partial charge in [0.1, 0.15) is 6.17 Å². The van der Waals surface area contributed by atoms with E-state index in [0.29, 0.717) is 25.1 Å². The highest BCUT2D eigenvalue weighted by atomic mass is 19.1. The number of anilines is 1. The summed E-state index contributed by atoms with van der Waals surface area (Å²) < 4.78 is 16.0. The topological polar surface area (TPSA) is 70.9 Å². The molecule has 1 fully saturated rings. The molecule has 1 aliphatic rings. The van der Waals surface area contributed by atoms with E-state index >= 15 is 0 Å². The van der Waals surface area contributed by atoms with Crippen LogP contribution in [0.2, 0.25) is 0 Å². The molecule has 1 saturated heterocycles. The first-order valence-corrected chi connectivity index (χ1v) is 9.20. The molecule has 5 nitrogen and oxygen atoms in total. The maximum atomic E-state index is 13.9. The fourth-order valence-electron chi connectivity index (χ4n) is 3.76. The number of imidazole rings is 1. The molecule has 2 heterocycles. The molecular formula is C21H22FN5. The van der Waals surface area contributed by atoms with Crippen LogP contribution in [0.4, 0.5) is 10.3 Å². The van der Waals surface area contributed by atoms with Crippen LogP contribution in [0.25, 0.3) is 11.0 Å². The fourth-order valence-corrected chi connectivity index (χ4v) is 3.76. The number of rotatable bonds is 3. The van der Waals surface area contributed by atoms with Crippen LogP contribution in [0.5, 0.6) is 0 Å². The first-order valence-electron chi connectivity index (χ1n) is 9.20. The van der Waals surface area contributed by atoms with Gasteiger partial charge in [0, 0.05) is 13.1 Å². The van der Waals surface area contributed by atoms with E-state index in [2.05, 4.69) is 22.5 Å². The van der Waals surface area contributed by atoms with E-state index in [1.54, 1.807) is 0 Å². The van der Waals surface area contributed by atoms with Gasteiger partial charge in [-0.3, -0.25) is 0 Å². The van der Waals surface area contributed by atoms with Crippen LogP contribution in [0.3, 0.4) is 0 Å². The summed E-state index contributed by atoms with van der Waals surface area (Å²) in [6.07, 6.45) is -0.551. The highest BCUT2D eigenvalue weighted by molar-refractivity contribution is 5.79. The minimum absolute atomic E-state index is 0.0134. The Bertz CT molecular complexity index is 988. The Labute approximate surface area is 157 Å². The number of halogens is 1. The largest absolute Gasteiger partial charge is 0.340 e. The second-order valence-electron chi connectivity index (χ2n) is 7.09. The van der Waals surface area contributed by atoms with Gasteiger partial charge in [0.2, 0.25) is 5.95 Å². The number of nitriles is 1. The minimum atomic E-state index is -0.963. The van der Waals surface area contributed by atoms with Gasteiger partial charge in [0.25, 0.3) is 0 Å². The van der Waals surface area contributed by atoms with Gasteiger partial charge in [0.15, 0.2) is 0 Å². The second kappa shape index (κ2) is 7.01. The van der Waals surface area contributed by atoms with Crippen molar-refractivity contribution < 1.29 is 4.39 Å². The number of aromatic nitrogens is 2. The summed E-state index contributed by atoms with van der Waals surface area (Å²) in [5.74, 6) is 0.815. The molecule has 0 aliphatic carbocycles. The highest BCUT2D eigenvalue weighted by Crippen LogP contribution is 2.32. The SMILES string of the molecule is C[C@H](c1ccc(C#N)cc1)n1c(N2CC[C@@H](F)[C@H](N)C2)nc2ccccc21. The van der Waals surface area contributed by atoms with Crippen LogP contribution < -0.4 is 10.6 Å². The zero-order chi connectivity index (χ0) is 19.0. The number of hydrogen-bond donors (Lipinski definition) is 1. The quantitative estimate of drug-likeness (QED) is 0.774. The van der Waals surface area contributed by atoms with Crippen LogP contribution in [-0.4, -0.2) is 34.9 Å². The Morgan fingerprint density at radius 3 is 2.67 bits per heavy atom. The smallest absolute Gasteiger partial charge is 0.207 e. The van der Waals surface area contributed by atoms with E-state index in [9.17, 15) is 4.39 Å². The molecule has 1 aromatic heterocycles. The number of alkyl halides is 1. The maximum absolute atomic E-state index is 13.9. The molecule has 138 valence electrons. The van der Waals surface area contributed by atoms with E-state index in [1.807, 2.05) is 48.5 Å². The Kier molecular flexibility index (Phi) is 4.54. The van der Waals surface area contributed by atoms with Gasteiger partial charge < -0.3 is 15.2 Å². The predicted octanol–water partition coefficient (Wildman–Crippen LogP) is 3.39. The Hall–Kier alpha value is -2.91. The van der Waals surface area contributed by atoms with Crippen LogP contribution in [0.15, 0.2) is 48.5 Å². The van der Waals surface area contributed by atoms with Crippen molar-refractivity contribution in [2.24, 2.45) is 5.73 Å². The molecule has 6 heteroatoms. The van der Waals surface area contributed by atoms with E-state index in [0.717, 1.165) is 22.5 Å². The van der Waals surface area contributed by atoms with Crippen molar-refractivity contribution in [1.29, 1.82) is 5.26 Å². The molecule has 0 unspecified atom stereocenters. The van der Waals surface area contributed by atoms with Crippen molar-refractivity contribution in [1.82, 2.24) is 9.55 Å². The van der Waals surface area contributed by atoms with Crippen molar-refractivity contribution >= 4 is 17.0 Å². The van der Waals surface area contributed by atoms with Gasteiger partial charge in [-0.2, -0.15) is 5.26 Å². The number of benzene rings is 2. The van der Waals surface area contributed by atoms with Crippen molar-refractivity contribution in [3.8, 4) is 6.07 Å². The summed E-state index contributed by atoms with van der Waals surface area (Å²) in [7, 11) is 0. The second-order valence-corrected chi connectivity index (χ2v) is 7.09. The van der Waals surface area contributed by atoms with Crippen molar-refractivity contribution in [2.75, 3.05) is 18.0 Å². The van der Waals surface area contributed by atoms with Gasteiger partial charge in [0.05, 0.1) is 34.7 Å². The monoisotopic (exact) mass is 363 g/mol. The summed E-state index contributed by atoms with van der Waals surface area (Å²) in [5, 5.41) is 9.04. The van der Waals surface area contributed by atoms with Gasteiger partial charge in [-0.1, -0.05) is 24.3 Å². The molecule has 2 aromatic carbocycles. The van der Waals surface area contributed by atoms with Gasteiger partial charge >= 0.3 is 0 Å². The Balaban J connectivity index is 1.79. The Morgan fingerprint density at radius 1 is 1.22 bits per heavy atom. The zero-order valence-corrected chi connectivity index (χ0v) is 15.2. The number of piperidine rings is 1. The maximum Gasteiger partial charge on any atom is 0.207 e. The Morgan fingerprint density at radius 2 is 1.96 bits per heavy atom. The number of para-hydroxylation sites is 2.